The third-order valence-electron chi connectivity index (χ3n) is 4.98. The van der Waals surface area contributed by atoms with Gasteiger partial charge in [-0.15, -0.1) is 0 Å². The third kappa shape index (κ3) is 4.55. The molecule has 162 valence electrons. The number of rotatable bonds is 5. The molecule has 4 rings (SSSR count). The van der Waals surface area contributed by atoms with Crippen molar-refractivity contribution in [1.82, 2.24) is 9.55 Å². The van der Waals surface area contributed by atoms with Crippen LogP contribution in [0.2, 0.25) is 5.02 Å². The Morgan fingerprint density at radius 3 is 2.44 bits per heavy atom. The van der Waals surface area contributed by atoms with Gasteiger partial charge in [0.2, 0.25) is 0 Å². The smallest absolute Gasteiger partial charge is 0.387 e. The minimum Gasteiger partial charge on any atom is -0.435 e. The van der Waals surface area contributed by atoms with Crippen LogP contribution in [0.3, 0.4) is 0 Å². The second kappa shape index (κ2) is 8.93. The van der Waals surface area contributed by atoms with Crippen LogP contribution < -0.4 is 10.3 Å². The van der Waals surface area contributed by atoms with Gasteiger partial charge in [0.1, 0.15) is 11.6 Å². The van der Waals surface area contributed by atoms with Crippen molar-refractivity contribution in [3.63, 3.8) is 0 Å². The zero-order valence-electron chi connectivity index (χ0n) is 17.4. The first-order valence-electron chi connectivity index (χ1n) is 9.85. The molecule has 3 aromatic carbocycles. The lowest BCUT2D eigenvalue weighted by Gasteiger charge is -2.14. The maximum atomic E-state index is 13.4. The second-order valence-electron chi connectivity index (χ2n) is 7.34. The Bertz CT molecular complexity index is 1380. The highest BCUT2D eigenvalue weighted by Crippen LogP contribution is 2.22. The van der Waals surface area contributed by atoms with Crippen molar-refractivity contribution in [1.29, 1.82) is 0 Å². The first kappa shape index (κ1) is 21.7. The van der Waals surface area contributed by atoms with E-state index >= 15 is 0 Å². The summed E-state index contributed by atoms with van der Waals surface area (Å²) in [6.07, 6.45) is 3.47. The first-order chi connectivity index (χ1) is 15.3. The molecule has 0 fully saturated rings. The molecule has 4 nitrogen and oxygen atoms in total. The Morgan fingerprint density at radius 2 is 1.75 bits per heavy atom. The van der Waals surface area contributed by atoms with Crippen molar-refractivity contribution in [2.75, 3.05) is 0 Å². The standard InChI is InChI=1S/C25H19ClF2N2O2/c1-15-3-11-22(16(2)13-15)30-23(29-21-14-18(26)7-10-20(21)24(30)31)12-6-17-4-8-19(9-5-17)32-25(27)28/h3-14,25H,1-2H3. The fourth-order valence-corrected chi connectivity index (χ4v) is 3.67. The maximum absolute atomic E-state index is 13.4. The summed E-state index contributed by atoms with van der Waals surface area (Å²) in [6.45, 7) is 1.05. The van der Waals surface area contributed by atoms with Crippen LogP contribution in [0.15, 0.2) is 65.5 Å². The van der Waals surface area contributed by atoms with E-state index in [-0.39, 0.29) is 11.3 Å². The predicted octanol–water partition coefficient (Wildman–Crippen LogP) is 6.43. The van der Waals surface area contributed by atoms with Gasteiger partial charge >= 0.3 is 6.61 Å². The van der Waals surface area contributed by atoms with Gasteiger partial charge < -0.3 is 4.74 Å². The van der Waals surface area contributed by atoms with Gasteiger partial charge in [-0.2, -0.15) is 8.78 Å². The number of alkyl halides is 2. The van der Waals surface area contributed by atoms with Crippen molar-refractivity contribution >= 4 is 34.7 Å². The lowest BCUT2D eigenvalue weighted by molar-refractivity contribution is -0.0498. The average molecular weight is 453 g/mol. The number of ether oxygens (including phenoxy) is 1. The first-order valence-corrected chi connectivity index (χ1v) is 10.2. The summed E-state index contributed by atoms with van der Waals surface area (Å²) >= 11 is 6.11. The Hall–Kier alpha value is -3.51. The molecule has 0 aliphatic carbocycles. The average Bonchev–Trinajstić information content (AvgIpc) is 2.73. The molecule has 1 heterocycles. The molecule has 0 atom stereocenters. The summed E-state index contributed by atoms with van der Waals surface area (Å²) in [7, 11) is 0. The van der Waals surface area contributed by atoms with Crippen LogP contribution >= 0.6 is 11.6 Å². The van der Waals surface area contributed by atoms with Gasteiger partial charge in [0.25, 0.3) is 5.56 Å². The molecule has 0 saturated heterocycles. The van der Waals surface area contributed by atoms with Crippen molar-refractivity contribution < 1.29 is 13.5 Å². The molecular formula is C25H19ClF2N2O2. The minimum absolute atomic E-state index is 0.0720. The molecular weight excluding hydrogens is 434 g/mol. The van der Waals surface area contributed by atoms with E-state index in [1.54, 1.807) is 47.1 Å². The van der Waals surface area contributed by atoms with Crippen LogP contribution in [-0.4, -0.2) is 16.2 Å². The number of halogens is 3. The van der Waals surface area contributed by atoms with Crippen LogP contribution in [0, 0.1) is 13.8 Å². The fraction of sp³-hybridized carbons (Fsp3) is 0.120. The zero-order chi connectivity index (χ0) is 22.8. The minimum atomic E-state index is -2.88. The number of benzene rings is 3. The van der Waals surface area contributed by atoms with E-state index in [1.165, 1.54) is 12.1 Å². The second-order valence-corrected chi connectivity index (χ2v) is 7.78. The van der Waals surface area contributed by atoms with Crippen LogP contribution in [0.4, 0.5) is 8.78 Å². The molecule has 0 N–H and O–H groups in total. The summed E-state index contributed by atoms with van der Waals surface area (Å²) in [5.41, 5.74) is 3.76. The summed E-state index contributed by atoms with van der Waals surface area (Å²) in [5, 5.41) is 0.943. The fourth-order valence-electron chi connectivity index (χ4n) is 3.51. The Balaban J connectivity index is 1.85. The lowest BCUT2D eigenvalue weighted by atomic mass is 10.1. The molecule has 7 heteroatoms. The van der Waals surface area contributed by atoms with Gasteiger partial charge in [-0.25, -0.2) is 4.98 Å². The van der Waals surface area contributed by atoms with E-state index in [9.17, 15) is 13.6 Å². The zero-order valence-corrected chi connectivity index (χ0v) is 18.1. The molecule has 0 unspecified atom stereocenters. The monoisotopic (exact) mass is 452 g/mol. The number of aromatic nitrogens is 2. The summed E-state index contributed by atoms with van der Waals surface area (Å²) in [6, 6.07) is 17.0. The molecule has 0 radical (unpaired) electrons. The van der Waals surface area contributed by atoms with E-state index in [1.807, 2.05) is 32.0 Å². The van der Waals surface area contributed by atoms with Gasteiger partial charge in [-0.1, -0.05) is 47.5 Å². The van der Waals surface area contributed by atoms with Crippen LogP contribution in [-0.2, 0) is 0 Å². The number of nitrogens with zero attached hydrogens (tertiary/aromatic N) is 2. The number of hydrogen-bond donors (Lipinski definition) is 0. The van der Waals surface area contributed by atoms with Crippen molar-refractivity contribution in [2.24, 2.45) is 0 Å². The van der Waals surface area contributed by atoms with E-state index in [0.717, 1.165) is 22.4 Å². The highest BCUT2D eigenvalue weighted by Gasteiger charge is 2.13. The number of fused-ring (bicyclic) bond motifs is 1. The normalized spacial score (nSPS) is 11.6. The lowest BCUT2D eigenvalue weighted by Crippen LogP contribution is -2.23. The molecule has 0 bridgehead atoms. The molecule has 0 aliphatic rings. The molecule has 1 aromatic heterocycles. The topological polar surface area (TPSA) is 44.1 Å². The number of hydrogen-bond acceptors (Lipinski definition) is 3. The van der Waals surface area contributed by atoms with E-state index in [0.29, 0.717) is 21.7 Å². The van der Waals surface area contributed by atoms with Gasteiger partial charge in [0.05, 0.1) is 16.6 Å². The maximum Gasteiger partial charge on any atom is 0.387 e. The molecule has 4 aromatic rings. The van der Waals surface area contributed by atoms with Gasteiger partial charge in [-0.3, -0.25) is 9.36 Å². The van der Waals surface area contributed by atoms with E-state index in [4.69, 9.17) is 11.6 Å². The predicted molar refractivity (Wildman–Crippen MR) is 124 cm³/mol. The molecule has 0 spiro atoms. The quantitative estimate of drug-likeness (QED) is 0.350. The molecule has 32 heavy (non-hydrogen) atoms. The summed E-state index contributed by atoms with van der Waals surface area (Å²) in [5.74, 6) is 0.493. The van der Waals surface area contributed by atoms with Crippen molar-refractivity contribution in [3.05, 3.63) is 98.6 Å². The van der Waals surface area contributed by atoms with Crippen molar-refractivity contribution in [3.8, 4) is 11.4 Å². The third-order valence-corrected chi connectivity index (χ3v) is 5.22. The molecule has 0 amide bonds. The van der Waals surface area contributed by atoms with Crippen LogP contribution in [0.25, 0.3) is 28.7 Å². The molecule has 0 aliphatic heterocycles. The highest BCUT2D eigenvalue weighted by molar-refractivity contribution is 6.31. The molecule has 0 saturated carbocycles. The van der Waals surface area contributed by atoms with E-state index in [2.05, 4.69) is 9.72 Å². The van der Waals surface area contributed by atoms with Crippen LogP contribution in [0.5, 0.6) is 5.75 Å². The van der Waals surface area contributed by atoms with Gasteiger partial charge in [0.15, 0.2) is 0 Å². The SMILES string of the molecule is Cc1ccc(-n2c(C=Cc3ccc(OC(F)F)cc3)nc3cc(Cl)ccc3c2=O)c(C)c1. The van der Waals surface area contributed by atoms with E-state index < -0.39 is 6.61 Å². The van der Waals surface area contributed by atoms with Crippen LogP contribution in [0.1, 0.15) is 22.5 Å². The Labute approximate surface area is 188 Å². The largest absolute Gasteiger partial charge is 0.435 e. The summed E-state index contributed by atoms with van der Waals surface area (Å²) < 4.78 is 30.7. The van der Waals surface area contributed by atoms with Gasteiger partial charge in [0, 0.05) is 5.02 Å². The summed E-state index contributed by atoms with van der Waals surface area (Å²) in [4.78, 5) is 18.1. The Kier molecular flexibility index (Phi) is 6.06. The highest BCUT2D eigenvalue weighted by atomic mass is 35.5. The van der Waals surface area contributed by atoms with Crippen molar-refractivity contribution in [2.45, 2.75) is 20.5 Å². The Morgan fingerprint density at radius 1 is 1.00 bits per heavy atom. The number of aryl methyl sites for hydroxylation is 2. The van der Waals surface area contributed by atoms with Gasteiger partial charge in [-0.05, 0) is 67.4 Å².